The Hall–Kier alpha value is -2.98. The number of nitrogen functional groups attached to an aromatic ring is 1. The monoisotopic (exact) mass is 389 g/mol. The molecule has 0 aliphatic heterocycles. The molecular weight excluding hydrogens is 370 g/mol. The second kappa shape index (κ2) is 7.72. The number of rotatable bonds is 8. The van der Waals surface area contributed by atoms with Crippen LogP contribution < -0.4 is 10.5 Å². The third kappa shape index (κ3) is 4.60. The van der Waals surface area contributed by atoms with Gasteiger partial charge in [-0.2, -0.15) is 4.98 Å². The van der Waals surface area contributed by atoms with Gasteiger partial charge >= 0.3 is 5.97 Å². The van der Waals surface area contributed by atoms with Crippen molar-refractivity contribution in [3.63, 3.8) is 0 Å². The summed E-state index contributed by atoms with van der Waals surface area (Å²) in [6.45, 7) is 0.185. The van der Waals surface area contributed by atoms with E-state index in [0.717, 1.165) is 5.56 Å². The summed E-state index contributed by atoms with van der Waals surface area (Å²) in [6, 6.07) is 10.1. The van der Waals surface area contributed by atoms with Gasteiger partial charge in [-0.25, -0.2) is 17.7 Å². The van der Waals surface area contributed by atoms with Gasteiger partial charge in [-0.3, -0.25) is 4.79 Å². The van der Waals surface area contributed by atoms with Crippen molar-refractivity contribution in [2.45, 2.75) is 24.2 Å². The van der Waals surface area contributed by atoms with Gasteiger partial charge in [0, 0.05) is 24.7 Å². The van der Waals surface area contributed by atoms with Crippen LogP contribution in [0.2, 0.25) is 0 Å². The van der Waals surface area contributed by atoms with Gasteiger partial charge in [0.15, 0.2) is 5.65 Å². The Morgan fingerprint density at radius 3 is 2.78 bits per heavy atom. The number of benzene rings is 1. The SMILES string of the molecule is Nc1nc2ccc(-c3cccc(S(=O)(=O)NCCCCC(=O)O)c3)cn2n1. The fourth-order valence-electron chi connectivity index (χ4n) is 2.60. The third-order valence-corrected chi connectivity index (χ3v) is 5.39. The molecule has 9 nitrogen and oxygen atoms in total. The van der Waals surface area contributed by atoms with Crippen LogP contribution in [0.25, 0.3) is 16.8 Å². The van der Waals surface area contributed by atoms with Crippen molar-refractivity contribution in [1.29, 1.82) is 0 Å². The zero-order chi connectivity index (χ0) is 19.4. The quantitative estimate of drug-likeness (QED) is 0.496. The maximum absolute atomic E-state index is 12.5. The summed E-state index contributed by atoms with van der Waals surface area (Å²) >= 11 is 0. The van der Waals surface area contributed by atoms with Crippen LogP contribution in [0.3, 0.4) is 0 Å². The van der Waals surface area contributed by atoms with Gasteiger partial charge < -0.3 is 10.8 Å². The summed E-state index contributed by atoms with van der Waals surface area (Å²) in [6.07, 6.45) is 2.62. The number of aromatic nitrogens is 3. The van der Waals surface area contributed by atoms with Gasteiger partial charge in [0.05, 0.1) is 4.90 Å². The highest BCUT2D eigenvalue weighted by Crippen LogP contribution is 2.23. The number of sulfonamides is 1. The average molecular weight is 389 g/mol. The number of nitrogens with zero attached hydrogens (tertiary/aromatic N) is 3. The fraction of sp³-hybridized carbons (Fsp3) is 0.235. The van der Waals surface area contributed by atoms with E-state index in [1.807, 2.05) is 6.07 Å². The molecule has 0 spiro atoms. The molecule has 0 saturated heterocycles. The molecule has 0 unspecified atom stereocenters. The summed E-state index contributed by atoms with van der Waals surface area (Å²) in [4.78, 5) is 14.7. The number of anilines is 1. The highest BCUT2D eigenvalue weighted by Gasteiger charge is 2.14. The number of nitrogens with two attached hydrogens (primary N) is 1. The molecule has 0 amide bonds. The normalized spacial score (nSPS) is 11.7. The summed E-state index contributed by atoms with van der Waals surface area (Å²) in [7, 11) is -3.68. The predicted molar refractivity (Wildman–Crippen MR) is 99.5 cm³/mol. The molecular formula is C17H19N5O4S. The van der Waals surface area contributed by atoms with Gasteiger partial charge in [0.25, 0.3) is 0 Å². The molecule has 0 fully saturated rings. The van der Waals surface area contributed by atoms with Gasteiger partial charge in [-0.15, -0.1) is 5.10 Å². The summed E-state index contributed by atoms with van der Waals surface area (Å²) in [5.74, 6) is -0.729. The van der Waals surface area contributed by atoms with Crippen LogP contribution in [-0.4, -0.2) is 40.6 Å². The van der Waals surface area contributed by atoms with Crippen LogP contribution in [0.5, 0.6) is 0 Å². The van der Waals surface area contributed by atoms with Crippen molar-refractivity contribution < 1.29 is 18.3 Å². The minimum atomic E-state index is -3.68. The van der Waals surface area contributed by atoms with E-state index in [2.05, 4.69) is 14.8 Å². The van der Waals surface area contributed by atoms with Crippen molar-refractivity contribution in [2.24, 2.45) is 0 Å². The number of carbonyl (C=O) groups is 1. The van der Waals surface area contributed by atoms with Gasteiger partial charge in [0.1, 0.15) is 0 Å². The number of unbranched alkanes of at least 4 members (excludes halogenated alkanes) is 1. The zero-order valence-electron chi connectivity index (χ0n) is 14.4. The van der Waals surface area contributed by atoms with Crippen LogP contribution in [0, 0.1) is 0 Å². The highest BCUT2D eigenvalue weighted by molar-refractivity contribution is 7.89. The molecule has 3 aromatic rings. The number of nitrogens with one attached hydrogen (secondary N) is 1. The van der Waals surface area contributed by atoms with Gasteiger partial charge in [-0.05, 0) is 42.7 Å². The highest BCUT2D eigenvalue weighted by atomic mass is 32.2. The van der Waals surface area contributed by atoms with E-state index >= 15 is 0 Å². The molecule has 142 valence electrons. The van der Waals surface area contributed by atoms with Crippen LogP contribution in [-0.2, 0) is 14.8 Å². The van der Waals surface area contributed by atoms with E-state index < -0.39 is 16.0 Å². The Bertz CT molecular complexity index is 1080. The maximum Gasteiger partial charge on any atom is 0.303 e. The Morgan fingerprint density at radius 2 is 2.00 bits per heavy atom. The van der Waals surface area contributed by atoms with Crippen molar-refractivity contribution in [3.8, 4) is 11.1 Å². The predicted octanol–water partition coefficient (Wildman–Crippen LogP) is 1.51. The molecule has 0 aliphatic carbocycles. The number of carboxylic acids is 1. The van der Waals surface area contributed by atoms with Crippen molar-refractivity contribution in [3.05, 3.63) is 42.6 Å². The van der Waals surface area contributed by atoms with Gasteiger partial charge in [0.2, 0.25) is 16.0 Å². The first kappa shape index (κ1) is 18.8. The Balaban J connectivity index is 1.76. The number of aliphatic carboxylic acids is 1. The molecule has 2 aromatic heterocycles. The van der Waals surface area contributed by atoms with E-state index in [1.165, 1.54) is 10.6 Å². The van der Waals surface area contributed by atoms with Crippen LogP contribution in [0.1, 0.15) is 19.3 Å². The van der Waals surface area contributed by atoms with Crippen LogP contribution >= 0.6 is 0 Å². The van der Waals surface area contributed by atoms with Crippen LogP contribution in [0.4, 0.5) is 5.95 Å². The lowest BCUT2D eigenvalue weighted by Crippen LogP contribution is -2.24. The number of carboxylic acid groups (broad SMARTS) is 1. The Morgan fingerprint density at radius 1 is 1.19 bits per heavy atom. The van der Waals surface area contributed by atoms with E-state index in [0.29, 0.717) is 24.1 Å². The number of hydrogen-bond acceptors (Lipinski definition) is 6. The molecule has 27 heavy (non-hydrogen) atoms. The zero-order valence-corrected chi connectivity index (χ0v) is 15.2. The lowest BCUT2D eigenvalue weighted by Gasteiger charge is -2.09. The molecule has 0 radical (unpaired) electrons. The lowest BCUT2D eigenvalue weighted by molar-refractivity contribution is -0.137. The largest absolute Gasteiger partial charge is 0.481 e. The van der Waals surface area contributed by atoms with Crippen molar-refractivity contribution in [1.82, 2.24) is 19.3 Å². The maximum atomic E-state index is 12.5. The molecule has 2 heterocycles. The molecule has 0 atom stereocenters. The fourth-order valence-corrected chi connectivity index (χ4v) is 3.72. The summed E-state index contributed by atoms with van der Waals surface area (Å²) < 4.78 is 28.9. The average Bonchev–Trinajstić information content (AvgIpc) is 3.00. The standard InChI is InChI=1S/C17H19N5O4S/c18-17-20-15-8-7-13(11-22(15)21-17)12-4-3-5-14(10-12)27(25,26)19-9-2-1-6-16(23)24/h3-5,7-8,10-11,19H,1-2,6,9H2,(H2,18,21)(H,23,24). The molecule has 0 bridgehead atoms. The smallest absolute Gasteiger partial charge is 0.303 e. The van der Waals surface area contributed by atoms with Crippen LogP contribution in [0.15, 0.2) is 47.5 Å². The second-order valence-corrected chi connectivity index (χ2v) is 7.73. The third-order valence-electron chi connectivity index (χ3n) is 3.93. The second-order valence-electron chi connectivity index (χ2n) is 5.97. The number of hydrogen-bond donors (Lipinski definition) is 3. The number of pyridine rings is 1. The first-order valence-electron chi connectivity index (χ1n) is 8.29. The Kier molecular flexibility index (Phi) is 5.38. The first-order chi connectivity index (χ1) is 12.8. The van der Waals surface area contributed by atoms with E-state index in [1.54, 1.807) is 30.5 Å². The van der Waals surface area contributed by atoms with Gasteiger partial charge in [-0.1, -0.05) is 12.1 Å². The summed E-state index contributed by atoms with van der Waals surface area (Å²) in [5.41, 5.74) is 7.66. The molecule has 10 heteroatoms. The van der Waals surface area contributed by atoms with Crippen molar-refractivity contribution in [2.75, 3.05) is 12.3 Å². The minimum Gasteiger partial charge on any atom is -0.481 e. The lowest BCUT2D eigenvalue weighted by atomic mass is 10.1. The van der Waals surface area contributed by atoms with E-state index in [-0.39, 0.29) is 23.8 Å². The number of fused-ring (bicyclic) bond motifs is 1. The topological polar surface area (TPSA) is 140 Å². The summed E-state index contributed by atoms with van der Waals surface area (Å²) in [5, 5.41) is 12.7. The van der Waals surface area contributed by atoms with E-state index in [9.17, 15) is 13.2 Å². The molecule has 0 saturated carbocycles. The van der Waals surface area contributed by atoms with Crippen molar-refractivity contribution >= 4 is 27.6 Å². The molecule has 3 rings (SSSR count). The first-order valence-corrected chi connectivity index (χ1v) is 9.77. The minimum absolute atomic E-state index is 0.0203. The molecule has 1 aromatic carbocycles. The Labute approximate surface area is 155 Å². The molecule has 4 N–H and O–H groups in total. The molecule has 0 aliphatic rings. The van der Waals surface area contributed by atoms with E-state index in [4.69, 9.17) is 10.8 Å².